The van der Waals surface area contributed by atoms with Gasteiger partial charge in [0, 0.05) is 12.2 Å². The predicted octanol–water partition coefficient (Wildman–Crippen LogP) is -10.4. The maximum atomic E-state index is 9.55. The summed E-state index contributed by atoms with van der Waals surface area (Å²) < 4.78 is 0. The SMILES string of the molecule is O=C(O)/C=C\C(=O)O.O=C([O-])[O-].OCC(O)CO.[Na+].[Na+]. The summed E-state index contributed by atoms with van der Waals surface area (Å²) in [6.07, 6.45) is -2.17. The van der Waals surface area contributed by atoms with E-state index in [0.717, 1.165) is 0 Å². The van der Waals surface area contributed by atoms with Gasteiger partial charge in [-0.1, -0.05) is 0 Å². The van der Waals surface area contributed by atoms with Crippen LogP contribution in [0.2, 0.25) is 0 Å². The molecule has 0 amide bonds. The molecule has 0 aliphatic rings. The van der Waals surface area contributed by atoms with E-state index < -0.39 is 24.2 Å². The van der Waals surface area contributed by atoms with Crippen molar-refractivity contribution in [3.63, 3.8) is 0 Å². The minimum atomic E-state index is -2.33. The Kier molecular flexibility index (Phi) is 38.2. The van der Waals surface area contributed by atoms with Crippen molar-refractivity contribution in [2.24, 2.45) is 0 Å². The van der Waals surface area contributed by atoms with Gasteiger partial charge in [0.1, 0.15) is 6.10 Å². The van der Waals surface area contributed by atoms with Crippen LogP contribution in [-0.2, 0) is 9.59 Å². The molecule has 0 radical (unpaired) electrons. The van der Waals surface area contributed by atoms with Crippen molar-refractivity contribution in [1.82, 2.24) is 0 Å². The number of aliphatic hydroxyl groups is 3. The van der Waals surface area contributed by atoms with Crippen LogP contribution in [0.5, 0.6) is 0 Å². The summed E-state index contributed by atoms with van der Waals surface area (Å²) in [6.45, 7) is -0.729. The fourth-order valence-corrected chi connectivity index (χ4v) is 0.200. The molecule has 0 saturated carbocycles. The van der Waals surface area contributed by atoms with Crippen LogP contribution in [0, 0.1) is 0 Å². The third-order valence-corrected chi connectivity index (χ3v) is 0.790. The van der Waals surface area contributed by atoms with Crippen LogP contribution in [0.1, 0.15) is 0 Å². The normalized spacial score (nSPS) is 8.00. The van der Waals surface area contributed by atoms with Crippen LogP contribution in [0.15, 0.2) is 12.2 Å². The number of rotatable bonds is 4. The van der Waals surface area contributed by atoms with Crippen LogP contribution >= 0.6 is 0 Å². The van der Waals surface area contributed by atoms with Gasteiger partial charge in [-0.2, -0.15) is 0 Å². The number of carboxylic acid groups (broad SMARTS) is 4. The van der Waals surface area contributed by atoms with Crippen molar-refractivity contribution in [3.05, 3.63) is 12.2 Å². The predicted molar refractivity (Wildman–Crippen MR) is 50.0 cm³/mol. The molecule has 0 rings (SSSR count). The first-order chi connectivity index (χ1) is 8.17. The number of carbonyl (C=O) groups excluding carboxylic acids is 1. The van der Waals surface area contributed by atoms with E-state index in [4.69, 9.17) is 40.5 Å². The topological polar surface area (TPSA) is 198 Å². The van der Waals surface area contributed by atoms with Crippen molar-refractivity contribution in [3.8, 4) is 0 Å². The van der Waals surface area contributed by atoms with Crippen molar-refractivity contribution < 1.29 is 109 Å². The van der Waals surface area contributed by atoms with E-state index in [1.165, 1.54) is 0 Å². The van der Waals surface area contributed by atoms with Crippen LogP contribution in [0.4, 0.5) is 4.79 Å². The Morgan fingerprint density at radius 2 is 1.10 bits per heavy atom. The molecule has 0 aromatic carbocycles. The Morgan fingerprint density at radius 1 is 0.900 bits per heavy atom. The van der Waals surface area contributed by atoms with E-state index in [2.05, 4.69) is 0 Å². The van der Waals surface area contributed by atoms with E-state index in [9.17, 15) is 9.59 Å². The van der Waals surface area contributed by atoms with Gasteiger partial charge in [-0.25, -0.2) is 9.59 Å². The zero-order chi connectivity index (χ0) is 15.1. The number of carbonyl (C=O) groups is 3. The Bertz CT molecular complexity index is 256. The van der Waals surface area contributed by atoms with Crippen molar-refractivity contribution in [1.29, 1.82) is 0 Å². The van der Waals surface area contributed by atoms with Crippen LogP contribution < -0.4 is 69.3 Å². The summed E-state index contributed by atoms with van der Waals surface area (Å²) in [6, 6.07) is 0. The third-order valence-electron chi connectivity index (χ3n) is 0.790. The average Bonchev–Trinajstić information content (AvgIpc) is 2.25. The minimum Gasteiger partial charge on any atom is -0.652 e. The monoisotopic (exact) mass is 314 g/mol. The van der Waals surface area contributed by atoms with Crippen LogP contribution in [0.25, 0.3) is 0 Å². The first-order valence-electron chi connectivity index (χ1n) is 4.09. The van der Waals surface area contributed by atoms with Gasteiger partial charge in [-0.05, 0) is 6.16 Å². The first kappa shape index (κ1) is 32.0. The van der Waals surface area contributed by atoms with E-state index >= 15 is 0 Å². The van der Waals surface area contributed by atoms with Crippen LogP contribution in [-0.4, -0.2) is 62.9 Å². The molecule has 10 nitrogen and oxygen atoms in total. The van der Waals surface area contributed by atoms with Gasteiger partial charge in [0.15, 0.2) is 0 Å². The molecule has 0 aliphatic heterocycles. The van der Waals surface area contributed by atoms with E-state index in [0.29, 0.717) is 12.2 Å². The fraction of sp³-hybridized carbons (Fsp3) is 0.375. The Morgan fingerprint density at radius 3 is 1.15 bits per heavy atom. The molecular formula is C8H12Na2O10. The van der Waals surface area contributed by atoms with Gasteiger partial charge < -0.3 is 40.5 Å². The molecule has 0 fully saturated rings. The number of aliphatic carboxylic acids is 2. The fourth-order valence-electron chi connectivity index (χ4n) is 0.200. The van der Waals surface area contributed by atoms with Crippen molar-refractivity contribution in [2.45, 2.75) is 6.10 Å². The number of carboxylic acids is 2. The number of aliphatic hydroxyl groups excluding tert-OH is 3. The van der Waals surface area contributed by atoms with Crippen LogP contribution in [0.3, 0.4) is 0 Å². The molecule has 0 aliphatic carbocycles. The molecule has 0 heterocycles. The maximum Gasteiger partial charge on any atom is 1.00 e. The standard InChI is InChI=1S/C4H4O4.C3H8O3.CH2O3.2Na/c5-3(6)1-2-4(7)8;4-1-3(6)2-5;2-1(3)4;;/h1-2H,(H,5,6)(H,7,8);3-6H,1-2H2;(H2,2,3,4);;/q;;;2*+1/p-2/b2-1-;;;;. The summed E-state index contributed by atoms with van der Waals surface area (Å²) in [5, 5.41) is 56.3. The molecule has 20 heavy (non-hydrogen) atoms. The average molecular weight is 314 g/mol. The first-order valence-corrected chi connectivity index (χ1v) is 4.09. The molecule has 5 N–H and O–H groups in total. The van der Waals surface area contributed by atoms with Gasteiger partial charge in [-0.3, -0.25) is 0 Å². The molecule has 0 atom stereocenters. The molecule has 0 bridgehead atoms. The van der Waals surface area contributed by atoms with Gasteiger partial charge in [0.2, 0.25) is 0 Å². The van der Waals surface area contributed by atoms with Crippen molar-refractivity contribution in [2.75, 3.05) is 13.2 Å². The number of hydrogen-bond acceptors (Lipinski definition) is 8. The summed E-state index contributed by atoms with van der Waals surface area (Å²) in [7, 11) is 0. The second kappa shape index (κ2) is 23.9. The van der Waals surface area contributed by atoms with E-state index in [1.54, 1.807) is 0 Å². The molecule has 0 spiro atoms. The molecule has 0 aromatic heterocycles. The third kappa shape index (κ3) is 64.8. The summed E-state index contributed by atoms with van der Waals surface area (Å²) in [5.74, 6) is -2.51. The van der Waals surface area contributed by atoms with Gasteiger partial charge in [0.05, 0.1) is 13.2 Å². The summed E-state index contributed by atoms with van der Waals surface area (Å²) in [4.78, 5) is 27.4. The van der Waals surface area contributed by atoms with Gasteiger partial charge in [-0.15, -0.1) is 0 Å². The molecule has 12 heteroatoms. The minimum absolute atomic E-state index is 0. The molecule has 0 saturated heterocycles. The molecule has 106 valence electrons. The quantitative estimate of drug-likeness (QED) is 0.245. The van der Waals surface area contributed by atoms with E-state index in [-0.39, 0.29) is 72.3 Å². The largest absolute Gasteiger partial charge is 1.00 e. The number of hydrogen-bond donors (Lipinski definition) is 5. The summed E-state index contributed by atoms with van der Waals surface area (Å²) in [5.41, 5.74) is 0. The maximum absolute atomic E-state index is 9.55. The Hall–Kier alpha value is -0.170. The van der Waals surface area contributed by atoms with Gasteiger partial charge >= 0.3 is 71.1 Å². The Labute approximate surface area is 157 Å². The zero-order valence-electron chi connectivity index (χ0n) is 10.9. The molecular weight excluding hydrogens is 302 g/mol. The second-order valence-corrected chi connectivity index (χ2v) is 2.28. The second-order valence-electron chi connectivity index (χ2n) is 2.28. The zero-order valence-corrected chi connectivity index (χ0v) is 14.9. The molecule has 0 aromatic rings. The smallest absolute Gasteiger partial charge is 0.652 e. The van der Waals surface area contributed by atoms with Crippen molar-refractivity contribution >= 4 is 18.1 Å². The molecule has 0 unspecified atom stereocenters. The Balaban J connectivity index is -0.0000000564. The van der Waals surface area contributed by atoms with Gasteiger partial charge in [0.25, 0.3) is 0 Å². The summed E-state index contributed by atoms with van der Waals surface area (Å²) >= 11 is 0. The van der Waals surface area contributed by atoms with E-state index in [1.807, 2.05) is 0 Å².